The molecule has 116 valence electrons. The Morgan fingerprint density at radius 2 is 1.86 bits per heavy atom. The monoisotopic (exact) mass is 287 g/mol. The van der Waals surface area contributed by atoms with Crippen LogP contribution in [0.25, 0.3) is 0 Å². The van der Waals surface area contributed by atoms with E-state index in [0.29, 0.717) is 11.8 Å². The number of fused-ring (bicyclic) bond motifs is 2. The Hall–Kier alpha value is -0.960. The van der Waals surface area contributed by atoms with Crippen molar-refractivity contribution in [2.75, 3.05) is 13.6 Å². The van der Waals surface area contributed by atoms with Gasteiger partial charge in [-0.2, -0.15) is 0 Å². The van der Waals surface area contributed by atoms with E-state index in [9.17, 15) is 0 Å². The lowest BCUT2D eigenvalue weighted by atomic mass is 9.88. The van der Waals surface area contributed by atoms with Gasteiger partial charge in [0.05, 0.1) is 0 Å². The van der Waals surface area contributed by atoms with Crippen molar-refractivity contribution in [2.45, 2.75) is 58.8 Å². The van der Waals surface area contributed by atoms with Gasteiger partial charge in [0.15, 0.2) is 0 Å². The van der Waals surface area contributed by atoms with Gasteiger partial charge in [0.1, 0.15) is 5.82 Å². The van der Waals surface area contributed by atoms with Crippen molar-refractivity contribution in [1.29, 1.82) is 0 Å². The normalized spacial score (nSPS) is 29.0. The lowest BCUT2D eigenvalue weighted by molar-refractivity contribution is 0.403. The molecule has 0 radical (unpaired) electrons. The van der Waals surface area contributed by atoms with Gasteiger partial charge in [-0.1, -0.05) is 13.3 Å². The molecule has 2 saturated carbocycles. The maximum absolute atomic E-state index is 4.92. The molecule has 1 heterocycles. The zero-order valence-electron chi connectivity index (χ0n) is 13.9. The van der Waals surface area contributed by atoms with Crippen LogP contribution < -0.4 is 5.32 Å². The Kier molecular flexibility index (Phi) is 4.30. The molecule has 4 unspecified atom stereocenters. The highest BCUT2D eigenvalue weighted by molar-refractivity contribution is 5.26. The summed E-state index contributed by atoms with van der Waals surface area (Å²) in [6.07, 6.45) is 6.68. The molecule has 1 aromatic heterocycles. The van der Waals surface area contributed by atoms with Crippen molar-refractivity contribution in [3.8, 4) is 0 Å². The fourth-order valence-electron chi connectivity index (χ4n) is 4.56. The van der Waals surface area contributed by atoms with Crippen LogP contribution >= 0.6 is 0 Å². The molecule has 0 aliphatic heterocycles. The van der Waals surface area contributed by atoms with Crippen molar-refractivity contribution in [3.05, 3.63) is 22.8 Å². The van der Waals surface area contributed by atoms with Gasteiger partial charge in [0.25, 0.3) is 0 Å². The SMILES string of the molecule is CNCC(C)Cc1c(C)nc(C2CC3CCC2C3)nc1C. The summed E-state index contributed by atoms with van der Waals surface area (Å²) in [5.74, 6) is 4.24. The first-order chi connectivity index (χ1) is 10.1. The molecule has 4 atom stereocenters. The van der Waals surface area contributed by atoms with E-state index in [1.54, 1.807) is 0 Å². The zero-order chi connectivity index (χ0) is 15.0. The summed E-state index contributed by atoms with van der Waals surface area (Å²) < 4.78 is 0. The van der Waals surface area contributed by atoms with Crippen molar-refractivity contribution >= 4 is 0 Å². The van der Waals surface area contributed by atoms with Crippen LogP contribution in [-0.4, -0.2) is 23.6 Å². The van der Waals surface area contributed by atoms with Crippen molar-refractivity contribution in [2.24, 2.45) is 17.8 Å². The Morgan fingerprint density at radius 3 is 2.38 bits per heavy atom. The first kappa shape index (κ1) is 15.0. The highest BCUT2D eigenvalue weighted by Crippen LogP contribution is 2.52. The fourth-order valence-corrected chi connectivity index (χ4v) is 4.56. The van der Waals surface area contributed by atoms with Crippen molar-refractivity contribution in [1.82, 2.24) is 15.3 Å². The minimum absolute atomic E-state index is 0.629. The molecule has 0 aromatic carbocycles. The maximum atomic E-state index is 4.92. The second kappa shape index (κ2) is 6.04. The standard InChI is InChI=1S/C18H29N3/c1-11(10-19-4)7-16-12(2)20-18(21-13(16)3)17-9-14-5-6-15(17)8-14/h11,14-15,17,19H,5-10H2,1-4H3. The second-order valence-corrected chi connectivity index (χ2v) is 7.38. The third-order valence-corrected chi connectivity index (χ3v) is 5.61. The summed E-state index contributed by atoms with van der Waals surface area (Å²) in [7, 11) is 2.02. The Balaban J connectivity index is 1.79. The van der Waals surface area contributed by atoms with E-state index in [-0.39, 0.29) is 0 Å². The van der Waals surface area contributed by atoms with Crippen LogP contribution in [0.3, 0.4) is 0 Å². The van der Waals surface area contributed by atoms with Crippen LogP contribution in [0.2, 0.25) is 0 Å². The molecule has 21 heavy (non-hydrogen) atoms. The minimum atomic E-state index is 0.629. The molecule has 1 aromatic rings. The number of hydrogen-bond acceptors (Lipinski definition) is 3. The predicted molar refractivity (Wildman–Crippen MR) is 86.5 cm³/mol. The number of aryl methyl sites for hydroxylation is 2. The quantitative estimate of drug-likeness (QED) is 0.902. The van der Waals surface area contributed by atoms with E-state index in [2.05, 4.69) is 26.1 Å². The molecular formula is C18H29N3. The predicted octanol–water partition coefficient (Wildman–Crippen LogP) is 3.40. The van der Waals surface area contributed by atoms with Crippen LogP contribution in [0, 0.1) is 31.6 Å². The second-order valence-electron chi connectivity index (χ2n) is 7.38. The smallest absolute Gasteiger partial charge is 0.132 e. The van der Waals surface area contributed by atoms with Gasteiger partial charge in [0.2, 0.25) is 0 Å². The number of nitrogens with zero attached hydrogens (tertiary/aromatic N) is 2. The van der Waals surface area contributed by atoms with Crippen LogP contribution in [0.1, 0.15) is 61.3 Å². The zero-order valence-corrected chi connectivity index (χ0v) is 13.9. The van der Waals surface area contributed by atoms with Gasteiger partial charge in [-0.25, -0.2) is 9.97 Å². The van der Waals surface area contributed by atoms with E-state index >= 15 is 0 Å². The van der Waals surface area contributed by atoms with Gasteiger partial charge in [0, 0.05) is 17.3 Å². The maximum Gasteiger partial charge on any atom is 0.132 e. The van der Waals surface area contributed by atoms with Crippen LogP contribution in [0.4, 0.5) is 0 Å². The van der Waals surface area contributed by atoms with Gasteiger partial charge in [-0.15, -0.1) is 0 Å². The van der Waals surface area contributed by atoms with Gasteiger partial charge in [-0.3, -0.25) is 0 Å². The average Bonchev–Trinajstić information content (AvgIpc) is 3.05. The Bertz CT molecular complexity index is 488. The summed E-state index contributed by atoms with van der Waals surface area (Å²) >= 11 is 0. The molecule has 3 rings (SSSR count). The Morgan fingerprint density at radius 1 is 1.14 bits per heavy atom. The van der Waals surface area contributed by atoms with Crippen LogP contribution in [0.15, 0.2) is 0 Å². The number of nitrogens with one attached hydrogen (secondary N) is 1. The molecule has 1 N–H and O–H groups in total. The lowest BCUT2D eigenvalue weighted by Crippen LogP contribution is -2.20. The number of rotatable bonds is 5. The molecule has 2 fully saturated rings. The highest BCUT2D eigenvalue weighted by atomic mass is 14.9. The largest absolute Gasteiger partial charge is 0.319 e. The molecule has 2 aliphatic rings. The molecule has 3 heteroatoms. The summed E-state index contributed by atoms with van der Waals surface area (Å²) in [4.78, 5) is 9.83. The van der Waals surface area contributed by atoms with Gasteiger partial charge in [-0.05, 0) is 76.4 Å². The molecule has 2 aliphatic carbocycles. The van der Waals surface area contributed by atoms with Crippen LogP contribution in [0.5, 0.6) is 0 Å². The lowest BCUT2D eigenvalue weighted by Gasteiger charge is -2.22. The Labute approximate surface area is 129 Å². The van der Waals surface area contributed by atoms with E-state index in [0.717, 1.165) is 30.6 Å². The van der Waals surface area contributed by atoms with Crippen molar-refractivity contribution in [3.63, 3.8) is 0 Å². The first-order valence-corrected chi connectivity index (χ1v) is 8.57. The van der Waals surface area contributed by atoms with Gasteiger partial charge >= 0.3 is 0 Å². The third-order valence-electron chi connectivity index (χ3n) is 5.61. The minimum Gasteiger partial charge on any atom is -0.319 e. The number of hydrogen-bond donors (Lipinski definition) is 1. The molecule has 3 nitrogen and oxygen atoms in total. The third kappa shape index (κ3) is 2.98. The van der Waals surface area contributed by atoms with Crippen molar-refractivity contribution < 1.29 is 0 Å². The number of aromatic nitrogens is 2. The molecule has 2 bridgehead atoms. The molecule has 0 amide bonds. The van der Waals surface area contributed by atoms with Crippen LogP contribution in [-0.2, 0) is 6.42 Å². The fraction of sp³-hybridized carbons (Fsp3) is 0.778. The molecule has 0 spiro atoms. The van der Waals surface area contributed by atoms with Gasteiger partial charge < -0.3 is 5.32 Å². The average molecular weight is 287 g/mol. The first-order valence-electron chi connectivity index (χ1n) is 8.57. The molecule has 0 saturated heterocycles. The van der Waals surface area contributed by atoms with E-state index in [1.807, 2.05) is 7.05 Å². The topological polar surface area (TPSA) is 37.8 Å². The highest BCUT2D eigenvalue weighted by Gasteiger charge is 2.41. The van der Waals surface area contributed by atoms with E-state index in [1.165, 1.54) is 42.6 Å². The van der Waals surface area contributed by atoms with E-state index in [4.69, 9.17) is 9.97 Å². The summed E-state index contributed by atoms with van der Waals surface area (Å²) in [6.45, 7) is 7.69. The summed E-state index contributed by atoms with van der Waals surface area (Å²) in [5.41, 5.74) is 3.79. The van der Waals surface area contributed by atoms with E-state index < -0.39 is 0 Å². The molecular weight excluding hydrogens is 258 g/mol. The summed E-state index contributed by atoms with van der Waals surface area (Å²) in [5, 5.41) is 3.26. The summed E-state index contributed by atoms with van der Waals surface area (Å²) in [6, 6.07) is 0.